The average Bonchev–Trinajstić information content (AvgIpc) is 3.09. The summed E-state index contributed by atoms with van der Waals surface area (Å²) in [6.07, 6.45) is 7.71. The smallest absolute Gasteiger partial charge is 0.166 e. The fourth-order valence-electron chi connectivity index (χ4n) is 2.07. The summed E-state index contributed by atoms with van der Waals surface area (Å²) in [6, 6.07) is 5.98. The minimum Gasteiger partial charge on any atom is -0.486 e. The van der Waals surface area contributed by atoms with Crippen LogP contribution in [0.4, 0.5) is 0 Å². The summed E-state index contributed by atoms with van der Waals surface area (Å²) in [5, 5.41) is 0. The van der Waals surface area contributed by atoms with E-state index >= 15 is 0 Å². The minimum atomic E-state index is -0.0773. The zero-order valence-corrected chi connectivity index (χ0v) is 8.45. The maximum atomic E-state index is 5.66. The number of rotatable bonds is 1. The normalized spacial score (nSPS) is 20.5. The molecule has 3 rings (SSSR count). The molecule has 2 aliphatic rings. The summed E-state index contributed by atoms with van der Waals surface area (Å²) in [7, 11) is 0. The van der Waals surface area contributed by atoms with Crippen molar-refractivity contribution >= 4 is 0 Å². The molecule has 0 N–H and O–H groups in total. The van der Waals surface area contributed by atoms with Gasteiger partial charge in [-0.2, -0.15) is 0 Å². The van der Waals surface area contributed by atoms with Gasteiger partial charge in [-0.05, 0) is 18.9 Å². The van der Waals surface area contributed by atoms with Crippen LogP contribution < -0.4 is 9.47 Å². The first-order chi connectivity index (χ1) is 7.36. The van der Waals surface area contributed by atoms with Crippen LogP contribution in [0.5, 0.6) is 11.5 Å². The van der Waals surface area contributed by atoms with Crippen molar-refractivity contribution in [3.05, 3.63) is 23.8 Å². The second-order valence-electron chi connectivity index (χ2n) is 4.06. The highest BCUT2D eigenvalue weighted by atomic mass is 16.6. The second-order valence-corrected chi connectivity index (χ2v) is 4.06. The fourth-order valence-corrected chi connectivity index (χ4v) is 2.07. The molecule has 0 bridgehead atoms. The van der Waals surface area contributed by atoms with Gasteiger partial charge in [0.2, 0.25) is 0 Å². The number of fused-ring (bicyclic) bond motifs is 1. The molecule has 1 aromatic carbocycles. The van der Waals surface area contributed by atoms with E-state index < -0.39 is 0 Å². The van der Waals surface area contributed by atoms with Gasteiger partial charge < -0.3 is 9.47 Å². The van der Waals surface area contributed by atoms with Crippen molar-refractivity contribution in [3.8, 4) is 23.8 Å². The van der Waals surface area contributed by atoms with E-state index in [4.69, 9.17) is 15.9 Å². The van der Waals surface area contributed by atoms with Gasteiger partial charge in [-0.1, -0.05) is 18.1 Å². The van der Waals surface area contributed by atoms with Gasteiger partial charge in [-0.25, -0.2) is 0 Å². The van der Waals surface area contributed by atoms with Gasteiger partial charge in [0.15, 0.2) is 11.5 Å². The quantitative estimate of drug-likeness (QED) is 0.646. The van der Waals surface area contributed by atoms with Gasteiger partial charge in [-0.3, -0.25) is 0 Å². The molecule has 1 aliphatic carbocycles. The largest absolute Gasteiger partial charge is 0.486 e. The van der Waals surface area contributed by atoms with E-state index in [1.807, 2.05) is 12.1 Å². The fraction of sp³-hybridized carbons (Fsp3) is 0.385. The van der Waals surface area contributed by atoms with Crippen LogP contribution in [-0.2, 0) is 5.41 Å². The van der Waals surface area contributed by atoms with E-state index in [1.165, 1.54) is 0 Å². The standard InChI is InChI=1S/C13H12O2/c1-2-13(6-7-13)10-4-3-5-11-12(10)15-9-8-14-11/h1,3-5H,6-9H2. The Bertz CT molecular complexity index is 438. The molecule has 0 amide bonds. The van der Waals surface area contributed by atoms with Gasteiger partial charge in [-0.15, -0.1) is 6.42 Å². The molecular weight excluding hydrogens is 188 g/mol. The lowest BCUT2D eigenvalue weighted by molar-refractivity contribution is 0.169. The molecule has 1 aliphatic heterocycles. The van der Waals surface area contributed by atoms with Gasteiger partial charge >= 0.3 is 0 Å². The first-order valence-corrected chi connectivity index (χ1v) is 5.23. The molecule has 1 fully saturated rings. The Labute approximate surface area is 89.2 Å². The third-order valence-electron chi connectivity index (χ3n) is 3.11. The van der Waals surface area contributed by atoms with Crippen molar-refractivity contribution in [2.45, 2.75) is 18.3 Å². The molecule has 2 nitrogen and oxygen atoms in total. The molecule has 2 heteroatoms. The van der Waals surface area contributed by atoms with E-state index in [1.54, 1.807) is 0 Å². The van der Waals surface area contributed by atoms with Crippen molar-refractivity contribution < 1.29 is 9.47 Å². The van der Waals surface area contributed by atoms with E-state index in [-0.39, 0.29) is 5.41 Å². The maximum absolute atomic E-state index is 5.66. The third-order valence-corrected chi connectivity index (χ3v) is 3.11. The van der Waals surface area contributed by atoms with Crippen LogP contribution >= 0.6 is 0 Å². The Hall–Kier alpha value is -1.62. The molecule has 0 unspecified atom stereocenters. The molecule has 1 aromatic rings. The SMILES string of the molecule is C#CC1(c2cccc3c2OCCO3)CC1. The average molecular weight is 200 g/mol. The predicted molar refractivity (Wildman–Crippen MR) is 57.2 cm³/mol. The summed E-state index contributed by atoms with van der Waals surface area (Å²) in [4.78, 5) is 0. The number of terminal acetylenes is 1. The first kappa shape index (κ1) is 8.67. The summed E-state index contributed by atoms with van der Waals surface area (Å²) in [5.41, 5.74) is 1.05. The van der Waals surface area contributed by atoms with E-state index in [9.17, 15) is 0 Å². The zero-order chi connectivity index (χ0) is 10.3. The second kappa shape index (κ2) is 2.93. The Kier molecular flexibility index (Phi) is 1.70. The number of hydrogen-bond donors (Lipinski definition) is 0. The van der Waals surface area contributed by atoms with E-state index in [2.05, 4.69) is 12.0 Å². The van der Waals surface area contributed by atoms with Crippen LogP contribution in [0.3, 0.4) is 0 Å². The summed E-state index contributed by atoms with van der Waals surface area (Å²) < 4.78 is 11.2. The molecule has 0 radical (unpaired) electrons. The Balaban J connectivity index is 2.13. The van der Waals surface area contributed by atoms with Crippen molar-refractivity contribution in [3.63, 3.8) is 0 Å². The molecule has 1 saturated carbocycles. The zero-order valence-electron chi connectivity index (χ0n) is 8.45. The lowest BCUT2D eigenvalue weighted by Gasteiger charge is -2.22. The maximum Gasteiger partial charge on any atom is 0.166 e. The van der Waals surface area contributed by atoms with Crippen molar-refractivity contribution in [2.24, 2.45) is 0 Å². The van der Waals surface area contributed by atoms with Crippen molar-refractivity contribution in [2.75, 3.05) is 13.2 Å². The topological polar surface area (TPSA) is 18.5 Å². The van der Waals surface area contributed by atoms with Gasteiger partial charge in [0.1, 0.15) is 13.2 Å². The highest BCUT2D eigenvalue weighted by Gasteiger charge is 2.45. The molecule has 0 spiro atoms. The third kappa shape index (κ3) is 1.20. The molecule has 76 valence electrons. The summed E-state index contributed by atoms with van der Waals surface area (Å²) in [5.74, 6) is 4.58. The Morgan fingerprint density at radius 3 is 2.73 bits per heavy atom. The lowest BCUT2D eigenvalue weighted by atomic mass is 9.95. The van der Waals surface area contributed by atoms with Crippen LogP contribution in [0.1, 0.15) is 18.4 Å². The number of para-hydroxylation sites is 1. The highest BCUT2D eigenvalue weighted by Crippen LogP contribution is 2.53. The van der Waals surface area contributed by atoms with Crippen LogP contribution in [0.2, 0.25) is 0 Å². The summed E-state index contributed by atoms with van der Waals surface area (Å²) in [6.45, 7) is 1.24. The molecule has 0 atom stereocenters. The van der Waals surface area contributed by atoms with Crippen LogP contribution in [0.15, 0.2) is 18.2 Å². The van der Waals surface area contributed by atoms with Crippen LogP contribution in [0.25, 0.3) is 0 Å². The number of hydrogen-bond acceptors (Lipinski definition) is 2. The number of benzene rings is 1. The van der Waals surface area contributed by atoms with Gasteiger partial charge in [0, 0.05) is 5.56 Å². The Morgan fingerprint density at radius 2 is 2.00 bits per heavy atom. The van der Waals surface area contributed by atoms with E-state index in [0.29, 0.717) is 13.2 Å². The highest BCUT2D eigenvalue weighted by molar-refractivity contribution is 5.56. The van der Waals surface area contributed by atoms with Crippen LogP contribution in [0, 0.1) is 12.3 Å². The summed E-state index contributed by atoms with van der Waals surface area (Å²) >= 11 is 0. The molecular formula is C13H12O2. The van der Waals surface area contributed by atoms with Crippen LogP contribution in [-0.4, -0.2) is 13.2 Å². The number of ether oxygens (including phenoxy) is 2. The first-order valence-electron chi connectivity index (χ1n) is 5.23. The predicted octanol–water partition coefficient (Wildman–Crippen LogP) is 2.12. The van der Waals surface area contributed by atoms with Gasteiger partial charge in [0.05, 0.1) is 5.41 Å². The van der Waals surface area contributed by atoms with Crippen molar-refractivity contribution in [1.29, 1.82) is 0 Å². The molecule has 0 saturated heterocycles. The van der Waals surface area contributed by atoms with Gasteiger partial charge in [0.25, 0.3) is 0 Å². The minimum absolute atomic E-state index is 0.0773. The van der Waals surface area contributed by atoms with Crippen molar-refractivity contribution in [1.82, 2.24) is 0 Å². The Morgan fingerprint density at radius 1 is 1.20 bits per heavy atom. The van der Waals surface area contributed by atoms with E-state index in [0.717, 1.165) is 29.9 Å². The molecule has 0 aromatic heterocycles. The monoisotopic (exact) mass is 200 g/mol. The lowest BCUT2D eigenvalue weighted by Crippen LogP contribution is -2.18. The molecule has 1 heterocycles. The molecule has 15 heavy (non-hydrogen) atoms.